The predicted octanol–water partition coefficient (Wildman–Crippen LogP) is 3.53. The third-order valence-electron chi connectivity index (χ3n) is 2.50. The Kier molecular flexibility index (Phi) is 2.77. The smallest absolute Gasteiger partial charge is 0.265 e. The second-order valence-electron chi connectivity index (χ2n) is 3.73. The number of halogens is 1. The predicted molar refractivity (Wildman–Crippen MR) is 73.4 cm³/mol. The highest BCUT2D eigenvalue weighted by Crippen LogP contribution is 2.23. The number of fused-ring (bicyclic) bond motifs is 1. The van der Waals surface area contributed by atoms with Gasteiger partial charge in [0.1, 0.15) is 0 Å². The van der Waals surface area contributed by atoms with E-state index >= 15 is 0 Å². The van der Waals surface area contributed by atoms with Gasteiger partial charge in [-0.05, 0) is 30.3 Å². The number of thiophene rings is 1. The molecular formula is C12H8ClN3OS. The number of benzene rings is 1. The van der Waals surface area contributed by atoms with E-state index in [0.29, 0.717) is 9.21 Å². The number of carbonyl (C=O) groups excluding carboxylic acids is 1. The highest BCUT2D eigenvalue weighted by atomic mass is 35.5. The van der Waals surface area contributed by atoms with Crippen LogP contribution in [-0.2, 0) is 0 Å². The summed E-state index contributed by atoms with van der Waals surface area (Å²) >= 11 is 7.05. The standard InChI is InChI=1S/C12H8ClN3OS/c13-11-4-3-10(18-11)12(17)15-8-1-2-9-7(5-8)6-14-16-9/h1-6H,(H,14,16)(H,15,17). The SMILES string of the molecule is O=C(Nc1ccc2[nH]ncc2c1)c1ccc(Cl)s1. The summed E-state index contributed by atoms with van der Waals surface area (Å²) in [5.74, 6) is -0.158. The molecule has 2 aromatic heterocycles. The molecule has 0 aliphatic heterocycles. The van der Waals surface area contributed by atoms with Crippen LogP contribution in [0.15, 0.2) is 36.5 Å². The fraction of sp³-hybridized carbons (Fsp3) is 0. The first kappa shape index (κ1) is 11.3. The van der Waals surface area contributed by atoms with Gasteiger partial charge in [-0.15, -0.1) is 11.3 Å². The average Bonchev–Trinajstić information content (AvgIpc) is 2.96. The van der Waals surface area contributed by atoms with Crippen molar-refractivity contribution in [2.75, 3.05) is 5.32 Å². The Morgan fingerprint density at radius 2 is 2.22 bits per heavy atom. The van der Waals surface area contributed by atoms with Crippen LogP contribution in [0, 0.1) is 0 Å². The lowest BCUT2D eigenvalue weighted by atomic mass is 10.2. The average molecular weight is 278 g/mol. The van der Waals surface area contributed by atoms with E-state index < -0.39 is 0 Å². The summed E-state index contributed by atoms with van der Waals surface area (Å²) in [4.78, 5) is 12.5. The molecule has 0 aliphatic carbocycles. The van der Waals surface area contributed by atoms with Crippen LogP contribution in [-0.4, -0.2) is 16.1 Å². The van der Waals surface area contributed by atoms with Crippen LogP contribution in [0.5, 0.6) is 0 Å². The van der Waals surface area contributed by atoms with Crippen molar-refractivity contribution in [3.8, 4) is 0 Å². The fourth-order valence-corrected chi connectivity index (χ4v) is 2.59. The first-order chi connectivity index (χ1) is 8.72. The Balaban J connectivity index is 1.85. The molecule has 1 aromatic carbocycles. The van der Waals surface area contributed by atoms with Gasteiger partial charge in [-0.2, -0.15) is 5.10 Å². The summed E-state index contributed by atoms with van der Waals surface area (Å²) in [7, 11) is 0. The van der Waals surface area contributed by atoms with Crippen molar-refractivity contribution in [1.82, 2.24) is 10.2 Å². The minimum absolute atomic E-state index is 0.158. The molecule has 0 bridgehead atoms. The van der Waals surface area contributed by atoms with Gasteiger partial charge in [0.15, 0.2) is 0 Å². The van der Waals surface area contributed by atoms with E-state index in [9.17, 15) is 4.79 Å². The molecule has 2 N–H and O–H groups in total. The monoisotopic (exact) mass is 277 g/mol. The van der Waals surface area contributed by atoms with Gasteiger partial charge < -0.3 is 5.32 Å². The summed E-state index contributed by atoms with van der Waals surface area (Å²) in [5.41, 5.74) is 1.67. The molecule has 0 aliphatic rings. The first-order valence-electron chi connectivity index (χ1n) is 5.22. The molecular weight excluding hydrogens is 270 g/mol. The lowest BCUT2D eigenvalue weighted by molar-refractivity contribution is 0.103. The summed E-state index contributed by atoms with van der Waals surface area (Å²) in [6.45, 7) is 0. The number of nitrogens with zero attached hydrogens (tertiary/aromatic N) is 1. The number of amides is 1. The molecule has 0 saturated carbocycles. The molecule has 6 heteroatoms. The molecule has 2 heterocycles. The lowest BCUT2D eigenvalue weighted by Gasteiger charge is -2.03. The van der Waals surface area contributed by atoms with Crippen molar-refractivity contribution in [2.45, 2.75) is 0 Å². The zero-order chi connectivity index (χ0) is 12.5. The van der Waals surface area contributed by atoms with Crippen molar-refractivity contribution in [1.29, 1.82) is 0 Å². The topological polar surface area (TPSA) is 57.8 Å². The normalized spacial score (nSPS) is 10.7. The largest absolute Gasteiger partial charge is 0.321 e. The van der Waals surface area contributed by atoms with Crippen LogP contribution in [0.1, 0.15) is 9.67 Å². The number of carbonyl (C=O) groups is 1. The van der Waals surface area contributed by atoms with E-state index in [0.717, 1.165) is 16.6 Å². The number of hydrogen-bond donors (Lipinski definition) is 2. The van der Waals surface area contributed by atoms with E-state index in [-0.39, 0.29) is 5.91 Å². The van der Waals surface area contributed by atoms with Crippen LogP contribution < -0.4 is 5.32 Å². The van der Waals surface area contributed by atoms with Crippen molar-refractivity contribution < 1.29 is 4.79 Å². The molecule has 0 radical (unpaired) electrons. The number of nitrogens with one attached hydrogen (secondary N) is 2. The molecule has 3 aromatic rings. The number of rotatable bonds is 2. The van der Waals surface area contributed by atoms with Crippen LogP contribution in [0.4, 0.5) is 5.69 Å². The molecule has 3 rings (SSSR count). The van der Waals surface area contributed by atoms with Crippen LogP contribution in [0.3, 0.4) is 0 Å². The fourth-order valence-electron chi connectivity index (χ4n) is 1.65. The van der Waals surface area contributed by atoms with Crippen molar-refractivity contribution >= 4 is 45.4 Å². The van der Waals surface area contributed by atoms with Crippen molar-refractivity contribution in [3.05, 3.63) is 45.7 Å². The number of hydrogen-bond acceptors (Lipinski definition) is 3. The maximum Gasteiger partial charge on any atom is 0.265 e. The van der Waals surface area contributed by atoms with Gasteiger partial charge in [-0.3, -0.25) is 9.89 Å². The summed E-state index contributed by atoms with van der Waals surface area (Å²) in [5, 5.41) is 10.6. The van der Waals surface area contributed by atoms with Crippen molar-refractivity contribution in [3.63, 3.8) is 0 Å². The second-order valence-corrected chi connectivity index (χ2v) is 5.44. The summed E-state index contributed by atoms with van der Waals surface area (Å²) in [6.07, 6.45) is 1.72. The zero-order valence-electron chi connectivity index (χ0n) is 9.11. The second kappa shape index (κ2) is 4.44. The van der Waals surface area contributed by atoms with Crippen LogP contribution in [0.25, 0.3) is 10.9 Å². The van der Waals surface area contributed by atoms with E-state index in [2.05, 4.69) is 15.5 Å². The molecule has 18 heavy (non-hydrogen) atoms. The lowest BCUT2D eigenvalue weighted by Crippen LogP contribution is -2.09. The Bertz CT molecular complexity index is 719. The van der Waals surface area contributed by atoms with Crippen LogP contribution >= 0.6 is 22.9 Å². The van der Waals surface area contributed by atoms with Gasteiger partial charge in [0, 0.05) is 11.1 Å². The third kappa shape index (κ3) is 2.10. The Morgan fingerprint density at radius 3 is 3.00 bits per heavy atom. The van der Waals surface area contributed by atoms with E-state index in [4.69, 9.17) is 11.6 Å². The molecule has 90 valence electrons. The van der Waals surface area contributed by atoms with Crippen LogP contribution in [0.2, 0.25) is 4.34 Å². The Labute approximate surface area is 112 Å². The maximum atomic E-state index is 11.9. The van der Waals surface area contributed by atoms with Gasteiger partial charge in [-0.1, -0.05) is 11.6 Å². The zero-order valence-corrected chi connectivity index (χ0v) is 10.7. The van der Waals surface area contributed by atoms with E-state index in [1.54, 1.807) is 18.3 Å². The number of anilines is 1. The van der Waals surface area contributed by atoms with E-state index in [1.165, 1.54) is 11.3 Å². The highest BCUT2D eigenvalue weighted by Gasteiger charge is 2.09. The number of aromatic nitrogens is 2. The molecule has 4 nitrogen and oxygen atoms in total. The van der Waals surface area contributed by atoms with Gasteiger partial charge >= 0.3 is 0 Å². The summed E-state index contributed by atoms with van der Waals surface area (Å²) < 4.78 is 0.602. The van der Waals surface area contributed by atoms with Gasteiger partial charge in [0.25, 0.3) is 5.91 Å². The molecule has 0 atom stereocenters. The Hall–Kier alpha value is -1.85. The Morgan fingerprint density at radius 1 is 1.33 bits per heavy atom. The first-order valence-corrected chi connectivity index (χ1v) is 6.42. The van der Waals surface area contributed by atoms with Crippen molar-refractivity contribution in [2.24, 2.45) is 0 Å². The minimum atomic E-state index is -0.158. The molecule has 0 saturated heterocycles. The molecule has 1 amide bonds. The highest BCUT2D eigenvalue weighted by molar-refractivity contribution is 7.18. The quantitative estimate of drug-likeness (QED) is 0.753. The molecule has 0 unspecified atom stereocenters. The number of aromatic amines is 1. The molecule has 0 spiro atoms. The van der Waals surface area contributed by atoms with Gasteiger partial charge in [-0.25, -0.2) is 0 Å². The maximum absolute atomic E-state index is 11.9. The minimum Gasteiger partial charge on any atom is -0.321 e. The third-order valence-corrected chi connectivity index (χ3v) is 3.72. The van der Waals surface area contributed by atoms with Gasteiger partial charge in [0.2, 0.25) is 0 Å². The number of H-pyrrole nitrogens is 1. The molecule has 0 fully saturated rings. The van der Waals surface area contributed by atoms with Gasteiger partial charge in [0.05, 0.1) is 20.9 Å². The van der Waals surface area contributed by atoms with E-state index in [1.807, 2.05) is 18.2 Å². The summed E-state index contributed by atoms with van der Waals surface area (Å²) in [6, 6.07) is 8.98.